The second kappa shape index (κ2) is 7.22. The number of ketones is 1. The van der Waals surface area contributed by atoms with Crippen molar-refractivity contribution in [1.29, 1.82) is 0 Å². The summed E-state index contributed by atoms with van der Waals surface area (Å²) in [5.41, 5.74) is 0.545. The topological polar surface area (TPSA) is 89.5 Å². The molecule has 2 aromatic rings. The zero-order valence-corrected chi connectivity index (χ0v) is 13.5. The average molecular weight is 351 g/mol. The van der Waals surface area contributed by atoms with E-state index in [1.54, 1.807) is 0 Å². The Hall–Kier alpha value is -2.74. The van der Waals surface area contributed by atoms with Gasteiger partial charge in [0, 0.05) is 17.5 Å². The second-order valence-electron chi connectivity index (χ2n) is 4.93. The quantitative estimate of drug-likeness (QED) is 0.837. The summed E-state index contributed by atoms with van der Waals surface area (Å²) in [6.45, 7) is -0.509. The molecular weight excluding hydrogens is 337 g/mol. The minimum atomic E-state index is -3.34. The second-order valence-corrected chi connectivity index (χ2v) is 6.94. The van der Waals surface area contributed by atoms with Crippen LogP contribution in [-0.4, -0.2) is 33.2 Å². The molecule has 0 aliphatic carbocycles. The van der Waals surface area contributed by atoms with Crippen molar-refractivity contribution in [2.45, 2.75) is 4.90 Å². The number of Topliss-reactive ketones (excluding diaryl/α,β-unsaturated/α-hetero) is 1. The Bertz CT molecular complexity index is 845. The number of hydrogen-bond donors (Lipinski definition) is 1. The maximum absolute atomic E-state index is 12.7. The Morgan fingerprint density at radius 1 is 1.04 bits per heavy atom. The van der Waals surface area contributed by atoms with Crippen molar-refractivity contribution in [2.24, 2.45) is 0 Å². The molecule has 2 rings (SSSR count). The van der Waals surface area contributed by atoms with Crippen LogP contribution < -0.4 is 5.32 Å². The Morgan fingerprint density at radius 3 is 2.17 bits per heavy atom. The third-order valence-corrected chi connectivity index (χ3v) is 4.16. The maximum atomic E-state index is 12.7. The van der Waals surface area contributed by atoms with Crippen molar-refractivity contribution < 1.29 is 27.1 Å². The van der Waals surface area contributed by atoms with Crippen LogP contribution in [0.2, 0.25) is 0 Å². The lowest BCUT2D eigenvalue weighted by molar-refractivity contribution is 0.0863. The minimum absolute atomic E-state index is 0.0917. The van der Waals surface area contributed by atoms with Gasteiger partial charge in [-0.15, -0.1) is 0 Å². The molecule has 0 saturated heterocycles. The molecule has 0 aromatic heterocycles. The van der Waals surface area contributed by atoms with Crippen LogP contribution in [-0.2, 0) is 14.6 Å². The number of halogens is 1. The number of nitrogens with one attached hydrogen (secondary N) is 1. The van der Waals surface area contributed by atoms with Crippen molar-refractivity contribution in [2.75, 3.05) is 18.2 Å². The highest BCUT2D eigenvalue weighted by Crippen LogP contribution is 2.11. The lowest BCUT2D eigenvalue weighted by Gasteiger charge is -2.07. The average Bonchev–Trinajstić information content (AvgIpc) is 2.54. The first-order valence-electron chi connectivity index (χ1n) is 6.78. The number of rotatable bonds is 5. The Balaban J connectivity index is 1.90. The van der Waals surface area contributed by atoms with E-state index in [0.717, 1.165) is 6.26 Å². The zero-order valence-electron chi connectivity index (χ0n) is 12.7. The summed E-state index contributed by atoms with van der Waals surface area (Å²) in [5, 5.41) is 2.35. The van der Waals surface area contributed by atoms with Gasteiger partial charge in [0.05, 0.1) is 4.90 Å². The fourth-order valence-electron chi connectivity index (χ4n) is 1.79. The van der Waals surface area contributed by atoms with Crippen LogP contribution in [0, 0.1) is 5.82 Å². The number of hydrogen-bond acceptors (Lipinski definition) is 5. The van der Waals surface area contributed by atoms with Gasteiger partial charge in [-0.25, -0.2) is 17.6 Å². The predicted molar refractivity (Wildman–Crippen MR) is 85.3 cm³/mol. The molecule has 8 heteroatoms. The van der Waals surface area contributed by atoms with Gasteiger partial charge in [0.25, 0.3) is 0 Å². The fraction of sp³-hybridized carbons (Fsp3) is 0.125. The van der Waals surface area contributed by atoms with E-state index >= 15 is 0 Å². The number of carbonyl (C=O) groups excluding carboxylic acids is 2. The molecule has 0 atom stereocenters. The Labute approximate surface area is 138 Å². The van der Waals surface area contributed by atoms with Crippen LogP contribution in [0.25, 0.3) is 0 Å². The largest absolute Gasteiger partial charge is 0.441 e. The number of anilines is 1. The van der Waals surface area contributed by atoms with Gasteiger partial charge in [-0.1, -0.05) is 0 Å². The van der Waals surface area contributed by atoms with E-state index in [2.05, 4.69) is 5.32 Å². The molecule has 2 aromatic carbocycles. The first-order chi connectivity index (χ1) is 11.3. The van der Waals surface area contributed by atoms with Crippen LogP contribution in [0.5, 0.6) is 0 Å². The van der Waals surface area contributed by atoms with E-state index < -0.39 is 34.1 Å². The van der Waals surface area contributed by atoms with Gasteiger partial charge in [0.15, 0.2) is 22.2 Å². The van der Waals surface area contributed by atoms with Crippen molar-refractivity contribution in [3.05, 3.63) is 59.9 Å². The number of amides is 1. The van der Waals surface area contributed by atoms with E-state index in [4.69, 9.17) is 4.74 Å². The molecule has 1 N–H and O–H groups in total. The van der Waals surface area contributed by atoms with Crippen LogP contribution in [0.1, 0.15) is 10.4 Å². The highest BCUT2D eigenvalue weighted by molar-refractivity contribution is 7.90. The Morgan fingerprint density at radius 2 is 1.62 bits per heavy atom. The molecule has 0 spiro atoms. The monoisotopic (exact) mass is 351 g/mol. The standard InChI is InChI=1S/C16H14FNO5S/c1-24(21,22)14-8-2-11(3-9-14)15(19)10-23-16(20)18-13-6-4-12(17)5-7-13/h2-9H,10H2,1H3,(H,18,20). The predicted octanol–water partition coefficient (Wildman–Crippen LogP) is 2.66. The van der Waals surface area contributed by atoms with E-state index in [1.807, 2.05) is 0 Å². The normalized spacial score (nSPS) is 10.9. The molecule has 0 bridgehead atoms. The van der Waals surface area contributed by atoms with E-state index in [9.17, 15) is 22.4 Å². The van der Waals surface area contributed by atoms with Gasteiger partial charge >= 0.3 is 6.09 Å². The minimum Gasteiger partial charge on any atom is -0.441 e. The van der Waals surface area contributed by atoms with Crippen LogP contribution in [0.4, 0.5) is 14.9 Å². The summed E-state index contributed by atoms with van der Waals surface area (Å²) in [7, 11) is -3.34. The summed E-state index contributed by atoms with van der Waals surface area (Å²) in [4.78, 5) is 23.6. The molecule has 0 unspecified atom stereocenters. The third-order valence-electron chi connectivity index (χ3n) is 3.03. The Kier molecular flexibility index (Phi) is 5.30. The SMILES string of the molecule is CS(=O)(=O)c1ccc(C(=O)COC(=O)Nc2ccc(F)cc2)cc1. The molecular formula is C16H14FNO5S. The summed E-state index contributed by atoms with van der Waals surface area (Å²) < 4.78 is 40.2. The van der Waals surface area contributed by atoms with Crippen molar-refractivity contribution in [3.8, 4) is 0 Å². The first kappa shape index (κ1) is 17.6. The first-order valence-corrected chi connectivity index (χ1v) is 8.67. The van der Waals surface area contributed by atoms with Gasteiger partial charge in [-0.2, -0.15) is 0 Å². The summed E-state index contributed by atoms with van der Waals surface area (Å²) >= 11 is 0. The van der Waals surface area contributed by atoms with Crippen LogP contribution in [0.15, 0.2) is 53.4 Å². The van der Waals surface area contributed by atoms with E-state index in [1.165, 1.54) is 48.5 Å². The highest BCUT2D eigenvalue weighted by Gasteiger charge is 2.12. The van der Waals surface area contributed by atoms with Crippen molar-refractivity contribution in [1.82, 2.24) is 0 Å². The lowest BCUT2D eigenvalue weighted by Crippen LogP contribution is -2.19. The molecule has 6 nitrogen and oxygen atoms in total. The zero-order chi connectivity index (χ0) is 17.7. The van der Waals surface area contributed by atoms with Crippen molar-refractivity contribution in [3.63, 3.8) is 0 Å². The smallest absolute Gasteiger partial charge is 0.412 e. The summed E-state index contributed by atoms with van der Waals surface area (Å²) in [6.07, 6.45) is 0.204. The van der Waals surface area contributed by atoms with Crippen LogP contribution in [0.3, 0.4) is 0 Å². The molecule has 0 radical (unpaired) electrons. The molecule has 126 valence electrons. The highest BCUT2D eigenvalue weighted by atomic mass is 32.2. The molecule has 0 fully saturated rings. The van der Waals surface area contributed by atoms with E-state index in [0.29, 0.717) is 5.69 Å². The number of carbonyl (C=O) groups is 2. The number of benzene rings is 2. The fourth-order valence-corrected chi connectivity index (χ4v) is 2.42. The van der Waals surface area contributed by atoms with E-state index in [-0.39, 0.29) is 10.5 Å². The molecule has 0 aliphatic heterocycles. The van der Waals surface area contributed by atoms with Gasteiger partial charge < -0.3 is 4.74 Å². The van der Waals surface area contributed by atoms with Gasteiger partial charge in [0.2, 0.25) is 0 Å². The number of ether oxygens (including phenoxy) is 1. The molecule has 24 heavy (non-hydrogen) atoms. The van der Waals surface area contributed by atoms with Gasteiger partial charge in [-0.05, 0) is 48.5 Å². The van der Waals surface area contributed by atoms with Gasteiger partial charge in [-0.3, -0.25) is 10.1 Å². The summed E-state index contributed by atoms with van der Waals surface area (Å²) in [6, 6.07) is 10.3. The lowest BCUT2D eigenvalue weighted by atomic mass is 10.1. The molecule has 0 aliphatic rings. The molecule has 1 amide bonds. The maximum Gasteiger partial charge on any atom is 0.412 e. The molecule has 0 saturated carbocycles. The molecule has 0 heterocycles. The van der Waals surface area contributed by atoms with Crippen LogP contribution >= 0.6 is 0 Å². The third kappa shape index (κ3) is 4.88. The van der Waals surface area contributed by atoms with Crippen molar-refractivity contribution >= 4 is 27.4 Å². The number of sulfone groups is 1. The summed E-state index contributed by atoms with van der Waals surface area (Å²) in [5.74, 6) is -0.925. The van der Waals surface area contributed by atoms with Gasteiger partial charge in [0.1, 0.15) is 5.82 Å².